The van der Waals surface area contributed by atoms with E-state index in [1.54, 1.807) is 0 Å². The van der Waals surface area contributed by atoms with Crippen molar-refractivity contribution in [3.63, 3.8) is 0 Å². The standard InChI is InChI=1S/C13H24N2OS/c1-9(2)7-12-13(16)15(10(3)14-12)8-11-5-4-6-17-11/h9-12,14H,4-8H2,1-3H3. The van der Waals surface area contributed by atoms with Gasteiger partial charge in [0.2, 0.25) is 5.91 Å². The molecule has 0 aromatic rings. The molecule has 2 saturated heterocycles. The lowest BCUT2D eigenvalue weighted by Crippen LogP contribution is -2.38. The second-order valence-electron chi connectivity index (χ2n) is 5.65. The highest BCUT2D eigenvalue weighted by Crippen LogP contribution is 2.28. The van der Waals surface area contributed by atoms with E-state index >= 15 is 0 Å². The van der Waals surface area contributed by atoms with E-state index < -0.39 is 0 Å². The molecule has 4 heteroatoms. The van der Waals surface area contributed by atoms with Gasteiger partial charge in [-0.05, 0) is 37.9 Å². The van der Waals surface area contributed by atoms with E-state index in [0.29, 0.717) is 17.1 Å². The third-order valence-electron chi connectivity index (χ3n) is 3.62. The maximum atomic E-state index is 12.3. The molecule has 2 aliphatic rings. The van der Waals surface area contributed by atoms with Crippen molar-refractivity contribution in [3.8, 4) is 0 Å². The fourth-order valence-electron chi connectivity index (χ4n) is 2.74. The summed E-state index contributed by atoms with van der Waals surface area (Å²) in [7, 11) is 0. The Hall–Kier alpha value is -0.220. The van der Waals surface area contributed by atoms with Gasteiger partial charge in [-0.3, -0.25) is 10.1 Å². The van der Waals surface area contributed by atoms with Crippen LogP contribution in [0.2, 0.25) is 0 Å². The average Bonchev–Trinajstić information content (AvgIpc) is 2.83. The lowest BCUT2D eigenvalue weighted by molar-refractivity contribution is -0.130. The molecule has 3 unspecified atom stereocenters. The molecule has 0 bridgehead atoms. The summed E-state index contributed by atoms with van der Waals surface area (Å²) in [6.07, 6.45) is 3.76. The monoisotopic (exact) mass is 256 g/mol. The number of hydrogen-bond acceptors (Lipinski definition) is 3. The zero-order valence-electron chi connectivity index (χ0n) is 11.1. The Morgan fingerprint density at radius 2 is 2.29 bits per heavy atom. The Bertz CT molecular complexity index is 277. The zero-order valence-corrected chi connectivity index (χ0v) is 11.9. The fourth-order valence-corrected chi connectivity index (χ4v) is 4.01. The molecule has 0 spiro atoms. The normalized spacial score (nSPS) is 34.0. The lowest BCUT2D eigenvalue weighted by atomic mass is 10.0. The Balaban J connectivity index is 1.91. The third-order valence-corrected chi connectivity index (χ3v) is 5.00. The molecule has 2 heterocycles. The number of carbonyl (C=O) groups is 1. The molecular formula is C13H24N2OS. The van der Waals surface area contributed by atoms with Gasteiger partial charge in [0, 0.05) is 11.8 Å². The number of rotatable bonds is 4. The molecule has 0 radical (unpaired) electrons. The molecule has 2 rings (SSSR count). The van der Waals surface area contributed by atoms with E-state index in [-0.39, 0.29) is 12.2 Å². The molecule has 17 heavy (non-hydrogen) atoms. The summed E-state index contributed by atoms with van der Waals surface area (Å²) < 4.78 is 0. The minimum atomic E-state index is 0.0522. The van der Waals surface area contributed by atoms with E-state index in [4.69, 9.17) is 0 Å². The first-order valence-corrected chi connectivity index (χ1v) is 7.81. The van der Waals surface area contributed by atoms with Gasteiger partial charge in [-0.15, -0.1) is 0 Å². The average molecular weight is 256 g/mol. The highest BCUT2D eigenvalue weighted by atomic mass is 32.2. The first-order chi connectivity index (χ1) is 8.08. The number of nitrogens with one attached hydrogen (secondary N) is 1. The van der Waals surface area contributed by atoms with E-state index in [1.165, 1.54) is 18.6 Å². The number of amides is 1. The summed E-state index contributed by atoms with van der Waals surface area (Å²) in [6, 6.07) is 0.0522. The van der Waals surface area contributed by atoms with Crippen LogP contribution < -0.4 is 5.32 Å². The molecule has 0 aliphatic carbocycles. The molecule has 3 atom stereocenters. The SMILES string of the molecule is CC(C)CC1NC(C)N(CC2CCCS2)C1=O. The highest BCUT2D eigenvalue weighted by Gasteiger charge is 2.37. The topological polar surface area (TPSA) is 32.3 Å². The van der Waals surface area contributed by atoms with Crippen molar-refractivity contribution in [1.29, 1.82) is 0 Å². The number of carbonyl (C=O) groups excluding carboxylic acids is 1. The van der Waals surface area contributed by atoms with E-state index in [2.05, 4.69) is 31.0 Å². The number of hydrogen-bond donors (Lipinski definition) is 1. The second kappa shape index (κ2) is 5.61. The predicted molar refractivity (Wildman–Crippen MR) is 73.0 cm³/mol. The van der Waals surface area contributed by atoms with Gasteiger partial charge in [-0.2, -0.15) is 11.8 Å². The van der Waals surface area contributed by atoms with Gasteiger partial charge in [-0.1, -0.05) is 13.8 Å². The number of nitrogens with zero attached hydrogens (tertiary/aromatic N) is 1. The van der Waals surface area contributed by atoms with Gasteiger partial charge in [0.15, 0.2) is 0 Å². The van der Waals surface area contributed by atoms with Gasteiger partial charge >= 0.3 is 0 Å². The Kier molecular flexibility index (Phi) is 4.36. The van der Waals surface area contributed by atoms with Gasteiger partial charge in [0.1, 0.15) is 0 Å². The van der Waals surface area contributed by atoms with Crippen LogP contribution in [0, 0.1) is 5.92 Å². The van der Waals surface area contributed by atoms with Gasteiger partial charge in [0.05, 0.1) is 12.2 Å². The Labute approximate surface area is 109 Å². The minimum absolute atomic E-state index is 0.0522. The lowest BCUT2D eigenvalue weighted by Gasteiger charge is -2.23. The highest BCUT2D eigenvalue weighted by molar-refractivity contribution is 8.00. The van der Waals surface area contributed by atoms with Crippen molar-refractivity contribution in [2.24, 2.45) is 5.92 Å². The third kappa shape index (κ3) is 3.16. The molecule has 1 amide bonds. The molecule has 0 aromatic heterocycles. The van der Waals surface area contributed by atoms with E-state index in [9.17, 15) is 4.79 Å². The predicted octanol–water partition coefficient (Wildman–Crippen LogP) is 2.07. The molecule has 1 N–H and O–H groups in total. The van der Waals surface area contributed by atoms with Crippen LogP contribution in [0.5, 0.6) is 0 Å². The largest absolute Gasteiger partial charge is 0.325 e. The Morgan fingerprint density at radius 1 is 1.53 bits per heavy atom. The fraction of sp³-hybridized carbons (Fsp3) is 0.923. The van der Waals surface area contributed by atoms with Crippen LogP contribution in [0.1, 0.15) is 40.0 Å². The van der Waals surface area contributed by atoms with Crippen LogP contribution in [0.3, 0.4) is 0 Å². The summed E-state index contributed by atoms with van der Waals surface area (Å²) in [5.74, 6) is 2.16. The van der Waals surface area contributed by atoms with E-state index in [0.717, 1.165) is 13.0 Å². The van der Waals surface area contributed by atoms with Crippen LogP contribution in [0.25, 0.3) is 0 Å². The molecular weight excluding hydrogens is 232 g/mol. The summed E-state index contributed by atoms with van der Waals surface area (Å²) >= 11 is 2.03. The minimum Gasteiger partial charge on any atom is -0.325 e. The molecule has 0 aromatic carbocycles. The van der Waals surface area contributed by atoms with Crippen LogP contribution in [-0.2, 0) is 4.79 Å². The van der Waals surface area contributed by atoms with Crippen LogP contribution in [0.15, 0.2) is 0 Å². The molecule has 98 valence electrons. The second-order valence-corrected chi connectivity index (χ2v) is 7.06. The number of thioether (sulfide) groups is 1. The Morgan fingerprint density at radius 3 is 2.88 bits per heavy atom. The maximum Gasteiger partial charge on any atom is 0.241 e. The smallest absolute Gasteiger partial charge is 0.241 e. The first-order valence-electron chi connectivity index (χ1n) is 6.76. The summed E-state index contributed by atoms with van der Waals surface area (Å²) in [5.41, 5.74) is 0. The van der Waals surface area contributed by atoms with Crippen molar-refractivity contribution in [1.82, 2.24) is 10.2 Å². The van der Waals surface area contributed by atoms with Crippen molar-refractivity contribution < 1.29 is 4.79 Å². The quantitative estimate of drug-likeness (QED) is 0.836. The molecule has 3 nitrogen and oxygen atoms in total. The van der Waals surface area contributed by atoms with Crippen molar-refractivity contribution in [2.75, 3.05) is 12.3 Å². The van der Waals surface area contributed by atoms with Gasteiger partial charge < -0.3 is 4.90 Å². The van der Waals surface area contributed by atoms with Crippen molar-refractivity contribution >= 4 is 17.7 Å². The molecule has 0 saturated carbocycles. The molecule has 2 fully saturated rings. The summed E-state index contributed by atoms with van der Waals surface area (Å²) in [5, 5.41) is 4.09. The van der Waals surface area contributed by atoms with Gasteiger partial charge in [0.25, 0.3) is 0 Å². The van der Waals surface area contributed by atoms with Crippen molar-refractivity contribution in [3.05, 3.63) is 0 Å². The van der Waals surface area contributed by atoms with Crippen LogP contribution in [0.4, 0.5) is 0 Å². The van der Waals surface area contributed by atoms with Crippen LogP contribution in [-0.4, -0.2) is 40.6 Å². The van der Waals surface area contributed by atoms with Crippen LogP contribution >= 0.6 is 11.8 Å². The van der Waals surface area contributed by atoms with Gasteiger partial charge in [-0.25, -0.2) is 0 Å². The van der Waals surface area contributed by atoms with E-state index in [1.807, 2.05) is 11.8 Å². The van der Waals surface area contributed by atoms with Crippen molar-refractivity contribution in [2.45, 2.75) is 57.5 Å². The summed E-state index contributed by atoms with van der Waals surface area (Å²) in [6.45, 7) is 7.40. The summed E-state index contributed by atoms with van der Waals surface area (Å²) in [4.78, 5) is 14.3. The zero-order chi connectivity index (χ0) is 12.4. The first kappa shape index (κ1) is 13.2. The molecule has 2 aliphatic heterocycles. The maximum absolute atomic E-state index is 12.3.